The van der Waals surface area contributed by atoms with Gasteiger partial charge in [-0.25, -0.2) is 9.97 Å². The number of piperidine rings is 1. The first-order valence-electron chi connectivity index (χ1n) is 13.5. The minimum absolute atomic E-state index is 0.119. The maximum Gasteiger partial charge on any atom is 0.240 e. The lowest BCUT2D eigenvalue weighted by molar-refractivity contribution is -0.134. The Bertz CT molecular complexity index is 1110. The Kier molecular flexibility index (Phi) is 7.95. The quantitative estimate of drug-likeness (QED) is 0.625. The molecule has 9 heteroatoms. The first-order chi connectivity index (χ1) is 17.9. The molecule has 0 spiro atoms. The highest BCUT2D eigenvalue weighted by Gasteiger charge is 2.33. The molecule has 1 aromatic heterocycles. The fourth-order valence-corrected chi connectivity index (χ4v) is 6.08. The lowest BCUT2D eigenvalue weighted by atomic mass is 9.99. The Labute approximate surface area is 224 Å². The van der Waals surface area contributed by atoms with Gasteiger partial charge < -0.3 is 20.0 Å². The van der Waals surface area contributed by atoms with Crippen LogP contribution in [-0.4, -0.2) is 82.9 Å². The van der Waals surface area contributed by atoms with Gasteiger partial charge >= 0.3 is 0 Å². The second-order valence-corrected chi connectivity index (χ2v) is 11.1. The van der Waals surface area contributed by atoms with E-state index >= 15 is 0 Å². The predicted molar refractivity (Wildman–Crippen MR) is 145 cm³/mol. The van der Waals surface area contributed by atoms with Gasteiger partial charge in [-0.2, -0.15) is 0 Å². The monoisotopic (exact) mass is 524 g/mol. The van der Waals surface area contributed by atoms with E-state index < -0.39 is 0 Å². The van der Waals surface area contributed by atoms with Crippen molar-refractivity contribution < 1.29 is 9.59 Å². The molecule has 0 unspecified atom stereocenters. The predicted octanol–water partition coefficient (Wildman–Crippen LogP) is 3.04. The van der Waals surface area contributed by atoms with Crippen LogP contribution in [0.25, 0.3) is 0 Å². The van der Waals surface area contributed by atoms with E-state index in [1.54, 1.807) is 13.3 Å². The van der Waals surface area contributed by atoms with Crippen LogP contribution < -0.4 is 10.2 Å². The molecule has 198 valence electrons. The van der Waals surface area contributed by atoms with E-state index in [0.717, 1.165) is 63.2 Å². The zero-order valence-electron chi connectivity index (χ0n) is 21.8. The zero-order chi connectivity index (χ0) is 25.9. The van der Waals surface area contributed by atoms with Gasteiger partial charge in [0.2, 0.25) is 11.8 Å². The van der Waals surface area contributed by atoms with E-state index in [-0.39, 0.29) is 23.9 Å². The van der Waals surface area contributed by atoms with Crippen LogP contribution in [0.5, 0.6) is 0 Å². The number of hydrogen-bond acceptors (Lipinski definition) is 6. The normalized spacial score (nSPS) is 21.2. The molecule has 1 N–H and O–H groups in total. The van der Waals surface area contributed by atoms with Crippen LogP contribution in [0, 0.1) is 0 Å². The summed E-state index contributed by atoms with van der Waals surface area (Å²) in [6.45, 7) is 8.23. The third kappa shape index (κ3) is 5.91. The molecular formula is C28H37ClN6O2. The Morgan fingerprint density at radius 1 is 1.00 bits per heavy atom. The van der Waals surface area contributed by atoms with Crippen LogP contribution in [0.1, 0.15) is 55.8 Å². The number of aromatic nitrogens is 2. The van der Waals surface area contributed by atoms with E-state index in [0.29, 0.717) is 30.5 Å². The molecule has 5 rings (SSSR count). The van der Waals surface area contributed by atoms with E-state index in [4.69, 9.17) is 11.6 Å². The van der Waals surface area contributed by atoms with Crippen molar-refractivity contribution in [3.63, 3.8) is 0 Å². The van der Waals surface area contributed by atoms with Gasteiger partial charge in [-0.3, -0.25) is 9.59 Å². The molecule has 37 heavy (non-hydrogen) atoms. The van der Waals surface area contributed by atoms with E-state index in [2.05, 4.69) is 27.1 Å². The Morgan fingerprint density at radius 3 is 2.38 bits per heavy atom. The van der Waals surface area contributed by atoms with Crippen molar-refractivity contribution in [1.29, 1.82) is 0 Å². The molecule has 2 fully saturated rings. The lowest BCUT2D eigenvalue weighted by Crippen LogP contribution is -2.57. The molecule has 8 nitrogen and oxygen atoms in total. The number of piperazine rings is 1. The lowest BCUT2D eigenvalue weighted by Gasteiger charge is -2.39. The third-order valence-corrected chi connectivity index (χ3v) is 8.42. The maximum absolute atomic E-state index is 13.8. The smallest absolute Gasteiger partial charge is 0.240 e. The summed E-state index contributed by atoms with van der Waals surface area (Å²) in [5, 5.41) is 4.35. The zero-order valence-corrected chi connectivity index (χ0v) is 22.6. The van der Waals surface area contributed by atoms with Crippen molar-refractivity contribution in [2.75, 3.05) is 44.2 Å². The molecule has 2 amide bonds. The number of halogens is 1. The van der Waals surface area contributed by atoms with Gasteiger partial charge in [-0.1, -0.05) is 30.7 Å². The van der Waals surface area contributed by atoms with Gasteiger partial charge in [0.05, 0.1) is 6.04 Å². The van der Waals surface area contributed by atoms with Gasteiger partial charge in [0.15, 0.2) is 0 Å². The fourth-order valence-electron chi connectivity index (χ4n) is 5.95. The number of hydrogen-bond donors (Lipinski definition) is 1. The number of carbonyl (C=O) groups is 2. The van der Waals surface area contributed by atoms with Gasteiger partial charge in [-0.15, -0.1) is 0 Å². The number of likely N-dealkylation sites (tertiary alicyclic amines) is 1. The Hall–Kier alpha value is -2.71. The van der Waals surface area contributed by atoms with Crippen molar-refractivity contribution in [1.82, 2.24) is 25.1 Å². The van der Waals surface area contributed by atoms with Crippen LogP contribution >= 0.6 is 11.6 Å². The summed E-state index contributed by atoms with van der Waals surface area (Å²) in [7, 11) is 0. The van der Waals surface area contributed by atoms with Crippen LogP contribution in [0.3, 0.4) is 0 Å². The molecule has 2 atom stereocenters. The second-order valence-electron chi connectivity index (χ2n) is 10.6. The summed E-state index contributed by atoms with van der Waals surface area (Å²) in [4.78, 5) is 40.9. The topological polar surface area (TPSA) is 81.7 Å². The fraction of sp³-hybridized carbons (Fsp3) is 0.571. The average molecular weight is 525 g/mol. The summed E-state index contributed by atoms with van der Waals surface area (Å²) in [5.41, 5.74) is 3.56. The highest BCUT2D eigenvalue weighted by Crippen LogP contribution is 2.37. The number of aryl methyl sites for hydroxylation is 1. The number of carbonyl (C=O) groups excluding carboxylic acids is 2. The summed E-state index contributed by atoms with van der Waals surface area (Å²) in [5.74, 6) is 1.79. The van der Waals surface area contributed by atoms with Gasteiger partial charge in [0.1, 0.15) is 12.1 Å². The van der Waals surface area contributed by atoms with E-state index in [1.807, 2.05) is 34.1 Å². The summed E-state index contributed by atoms with van der Waals surface area (Å²) < 4.78 is 0. The number of amides is 2. The van der Waals surface area contributed by atoms with Crippen LogP contribution in [0.4, 0.5) is 5.82 Å². The number of fused-ring (bicyclic) bond motifs is 1. The van der Waals surface area contributed by atoms with Crippen LogP contribution in [-0.2, 0) is 22.4 Å². The summed E-state index contributed by atoms with van der Waals surface area (Å²) in [6.07, 6.45) is 6.16. The summed E-state index contributed by atoms with van der Waals surface area (Å²) >= 11 is 6.10. The van der Waals surface area contributed by atoms with Crippen molar-refractivity contribution in [2.24, 2.45) is 0 Å². The van der Waals surface area contributed by atoms with Gasteiger partial charge in [-0.05, 0) is 55.7 Å². The van der Waals surface area contributed by atoms with Gasteiger partial charge in [0.25, 0.3) is 0 Å². The average Bonchev–Trinajstić information content (AvgIpc) is 3.30. The SMILES string of the molecule is CC(=O)N1CCC(N[C@H](Cc2ccc(Cl)cc2)C(=O)N2CCN(c3ncnc4c3[C@H](C)CC4)CC2)CC1. The highest BCUT2D eigenvalue weighted by molar-refractivity contribution is 6.30. The van der Waals surface area contributed by atoms with Crippen molar-refractivity contribution in [3.05, 3.63) is 52.4 Å². The first kappa shape index (κ1) is 25.9. The second kappa shape index (κ2) is 11.4. The van der Waals surface area contributed by atoms with Crippen molar-refractivity contribution >= 4 is 29.2 Å². The molecule has 3 aliphatic rings. The number of benzene rings is 1. The molecule has 0 radical (unpaired) electrons. The number of nitrogens with one attached hydrogen (secondary N) is 1. The Balaban J connectivity index is 1.25. The Morgan fingerprint density at radius 2 is 1.70 bits per heavy atom. The van der Waals surface area contributed by atoms with Crippen LogP contribution in [0.2, 0.25) is 5.02 Å². The minimum atomic E-state index is -0.315. The first-order valence-corrected chi connectivity index (χ1v) is 13.9. The third-order valence-electron chi connectivity index (χ3n) is 8.17. The molecule has 2 aliphatic heterocycles. The molecule has 1 aliphatic carbocycles. The minimum Gasteiger partial charge on any atom is -0.353 e. The molecule has 3 heterocycles. The molecule has 2 aromatic rings. The van der Waals surface area contributed by atoms with E-state index in [9.17, 15) is 9.59 Å². The van der Waals surface area contributed by atoms with Crippen molar-refractivity contribution in [3.8, 4) is 0 Å². The molecule has 1 aromatic carbocycles. The molecule has 0 bridgehead atoms. The van der Waals surface area contributed by atoms with Crippen LogP contribution in [0.15, 0.2) is 30.6 Å². The molecule has 0 saturated carbocycles. The number of anilines is 1. The highest BCUT2D eigenvalue weighted by atomic mass is 35.5. The molecule has 2 saturated heterocycles. The standard InChI is InChI=1S/C28H37ClN6O2/c1-19-3-8-24-26(19)27(31-18-30-24)34-13-15-35(16-14-34)28(37)25(17-21-4-6-22(29)7-5-21)32-23-9-11-33(12-10-23)20(2)36/h4-7,18-19,23,25,32H,3,8-17H2,1-2H3/t19-,25-/m1/s1. The van der Waals surface area contributed by atoms with E-state index in [1.165, 1.54) is 11.3 Å². The number of nitrogens with zero attached hydrogens (tertiary/aromatic N) is 5. The van der Waals surface area contributed by atoms with Crippen molar-refractivity contribution in [2.45, 2.75) is 64.0 Å². The summed E-state index contributed by atoms with van der Waals surface area (Å²) in [6, 6.07) is 7.65. The molecular weight excluding hydrogens is 488 g/mol. The largest absolute Gasteiger partial charge is 0.353 e. The maximum atomic E-state index is 13.8. The van der Waals surface area contributed by atoms with Gasteiger partial charge in [0, 0.05) is 68.5 Å². The number of rotatable bonds is 6.